The molecule has 3 aliphatic rings. The van der Waals surface area contributed by atoms with Gasteiger partial charge in [0.2, 0.25) is 0 Å². The van der Waals surface area contributed by atoms with Crippen LogP contribution < -0.4 is 5.69 Å². The van der Waals surface area contributed by atoms with Crippen molar-refractivity contribution in [2.75, 3.05) is 59.4 Å². The van der Waals surface area contributed by atoms with Gasteiger partial charge < -0.3 is 19.4 Å². The Morgan fingerprint density at radius 2 is 1.52 bits per heavy atom. The number of likely N-dealkylation sites (N-methyl/N-ethyl adjacent to an activating group) is 1. The van der Waals surface area contributed by atoms with Gasteiger partial charge in [-0.3, -0.25) is 14.7 Å². The number of hydrogen-bond donors (Lipinski definition) is 1. The normalized spacial score (nSPS) is 19.7. The van der Waals surface area contributed by atoms with E-state index in [1.807, 2.05) is 53.4 Å². The highest BCUT2D eigenvalue weighted by molar-refractivity contribution is 9.13. The summed E-state index contributed by atoms with van der Waals surface area (Å²) in [6, 6.07) is 15.7. The average molecular weight is 760 g/mol. The molecule has 4 heterocycles. The Morgan fingerprint density at radius 3 is 2.20 bits per heavy atom. The first-order valence-electron chi connectivity index (χ1n) is 16.1. The molecule has 3 aromatic rings. The Kier molecular flexibility index (Phi) is 10.6. The number of nitrogens with zero attached hydrogens (tertiary/aromatic N) is 6. The van der Waals surface area contributed by atoms with Crippen molar-refractivity contribution in [2.24, 2.45) is 0 Å². The number of hydrogen-bond acceptors (Lipinski definition) is 7. The van der Waals surface area contributed by atoms with Gasteiger partial charge in [-0.2, -0.15) is 0 Å². The van der Waals surface area contributed by atoms with Crippen molar-refractivity contribution in [1.29, 1.82) is 0 Å². The molecule has 0 aliphatic carbocycles. The van der Waals surface area contributed by atoms with Crippen LogP contribution in [0.5, 0.6) is 0 Å². The molecular formula is C33H41Br2N7O4. The van der Waals surface area contributed by atoms with Gasteiger partial charge in [0, 0.05) is 79.3 Å². The van der Waals surface area contributed by atoms with Crippen LogP contribution in [-0.4, -0.2) is 118 Å². The third-order valence-corrected chi connectivity index (χ3v) is 11.4. The fourth-order valence-corrected chi connectivity index (χ4v) is 7.37. The summed E-state index contributed by atoms with van der Waals surface area (Å²) >= 11 is 7.07. The molecule has 1 N–H and O–H groups in total. The van der Waals surface area contributed by atoms with Crippen LogP contribution in [0.2, 0.25) is 0 Å². The van der Waals surface area contributed by atoms with Crippen molar-refractivity contribution in [2.45, 2.75) is 50.3 Å². The summed E-state index contributed by atoms with van der Waals surface area (Å²) in [5.41, 5.74) is 1.48. The molecule has 3 fully saturated rings. The number of rotatable bonds is 7. The lowest BCUT2D eigenvalue weighted by atomic mass is 10.0. The van der Waals surface area contributed by atoms with Crippen molar-refractivity contribution in [3.63, 3.8) is 0 Å². The van der Waals surface area contributed by atoms with Gasteiger partial charge in [0.15, 0.2) is 11.9 Å². The molecule has 6 rings (SSSR count). The van der Waals surface area contributed by atoms with Gasteiger partial charge in [-0.05, 0) is 82.3 Å². The standard InChI is InChI=1S/C33H41Br2N7O4/c1-38-17-19-39(20-18-38)25-9-13-40(14-10-25)31(43)29(22-23-7-8-27(34)28(35)21-23)46-33(45)41-15-11-26(12-16-41)42-32(44)36-30(37-42)24-5-3-2-4-6-24/h2-8,21,25-26,29H,9-20,22H2,1H3,(H,36,37,44). The Balaban J connectivity index is 1.09. The molecule has 3 aliphatic heterocycles. The second-order valence-corrected chi connectivity index (χ2v) is 14.2. The van der Waals surface area contributed by atoms with Crippen molar-refractivity contribution < 1.29 is 14.3 Å². The number of H-pyrrole nitrogens is 1. The van der Waals surface area contributed by atoms with Gasteiger partial charge in [-0.25, -0.2) is 14.3 Å². The number of likely N-dealkylation sites (tertiary alicyclic amines) is 2. The second-order valence-electron chi connectivity index (χ2n) is 12.5. The summed E-state index contributed by atoms with van der Waals surface area (Å²) in [6.45, 7) is 6.40. The number of piperidine rings is 2. The van der Waals surface area contributed by atoms with Crippen molar-refractivity contribution >= 4 is 43.9 Å². The molecule has 0 spiro atoms. The van der Waals surface area contributed by atoms with Gasteiger partial charge >= 0.3 is 11.8 Å². The number of ether oxygens (including phenoxy) is 1. The molecule has 2 amide bonds. The van der Waals surface area contributed by atoms with E-state index < -0.39 is 12.2 Å². The summed E-state index contributed by atoms with van der Waals surface area (Å²) in [5, 5.41) is 4.55. The lowest BCUT2D eigenvalue weighted by molar-refractivity contribution is -0.142. The summed E-state index contributed by atoms with van der Waals surface area (Å²) in [7, 11) is 2.16. The fraction of sp³-hybridized carbons (Fsp3) is 0.515. The number of benzene rings is 2. The first kappa shape index (κ1) is 32.9. The molecule has 0 saturated carbocycles. The molecule has 1 atom stereocenters. The zero-order valence-corrected chi connectivity index (χ0v) is 29.3. The van der Waals surface area contributed by atoms with Gasteiger partial charge in [0.25, 0.3) is 5.91 Å². The van der Waals surface area contributed by atoms with Crippen LogP contribution in [0, 0.1) is 0 Å². The van der Waals surface area contributed by atoms with Crippen molar-refractivity contribution in [1.82, 2.24) is 34.4 Å². The van der Waals surface area contributed by atoms with E-state index in [4.69, 9.17) is 4.74 Å². The van der Waals surface area contributed by atoms with E-state index in [1.54, 1.807) is 4.90 Å². The first-order valence-corrected chi connectivity index (χ1v) is 17.7. The van der Waals surface area contributed by atoms with Crippen LogP contribution in [0.25, 0.3) is 11.4 Å². The number of carbonyl (C=O) groups excluding carboxylic acids is 2. The van der Waals surface area contributed by atoms with E-state index in [0.717, 1.165) is 59.1 Å². The molecule has 3 saturated heterocycles. The van der Waals surface area contributed by atoms with E-state index in [0.29, 0.717) is 50.9 Å². The number of nitrogens with one attached hydrogen (secondary N) is 1. The molecule has 1 unspecified atom stereocenters. The van der Waals surface area contributed by atoms with E-state index in [2.05, 4.69) is 58.8 Å². The largest absolute Gasteiger partial charge is 0.436 e. The zero-order valence-electron chi connectivity index (χ0n) is 26.1. The minimum atomic E-state index is -0.930. The molecular weight excluding hydrogens is 718 g/mol. The van der Waals surface area contributed by atoms with Crippen LogP contribution in [0.1, 0.15) is 37.3 Å². The average Bonchev–Trinajstić information content (AvgIpc) is 3.48. The molecule has 0 bridgehead atoms. The summed E-state index contributed by atoms with van der Waals surface area (Å²) < 4.78 is 9.31. The predicted octanol–water partition coefficient (Wildman–Crippen LogP) is 4.39. The lowest BCUT2D eigenvalue weighted by Crippen LogP contribution is -2.54. The highest BCUT2D eigenvalue weighted by Gasteiger charge is 2.35. The molecule has 2 aromatic carbocycles. The Hall–Kier alpha value is -3.00. The number of halogens is 2. The third-order valence-electron chi connectivity index (χ3n) is 9.51. The molecule has 11 nitrogen and oxygen atoms in total. The maximum atomic E-state index is 13.9. The van der Waals surface area contributed by atoms with E-state index in [9.17, 15) is 14.4 Å². The van der Waals surface area contributed by atoms with Crippen LogP contribution in [-0.2, 0) is 16.0 Å². The SMILES string of the molecule is CN1CCN(C2CCN(C(=O)C(Cc3ccc(Br)c(Br)c3)OC(=O)N3CCC(n4nc(-c5ccccc5)[nH]c4=O)CC3)CC2)CC1. The van der Waals surface area contributed by atoms with Crippen molar-refractivity contribution in [3.05, 3.63) is 73.5 Å². The second kappa shape index (κ2) is 14.8. The van der Waals surface area contributed by atoms with E-state index in [1.165, 1.54) is 4.68 Å². The van der Waals surface area contributed by atoms with Gasteiger partial charge in [0.05, 0.1) is 6.04 Å². The number of amides is 2. The monoisotopic (exact) mass is 757 g/mol. The van der Waals surface area contributed by atoms with Gasteiger partial charge in [-0.15, -0.1) is 5.10 Å². The van der Waals surface area contributed by atoms with Gasteiger partial charge in [-0.1, -0.05) is 36.4 Å². The van der Waals surface area contributed by atoms with Gasteiger partial charge in [0.1, 0.15) is 0 Å². The number of aromatic amines is 1. The molecule has 0 radical (unpaired) electrons. The Labute approximate surface area is 286 Å². The minimum Gasteiger partial charge on any atom is -0.436 e. The zero-order chi connectivity index (χ0) is 32.2. The van der Waals surface area contributed by atoms with E-state index in [-0.39, 0.29) is 24.1 Å². The minimum absolute atomic E-state index is 0.135. The van der Waals surface area contributed by atoms with Crippen LogP contribution in [0.4, 0.5) is 4.79 Å². The highest BCUT2D eigenvalue weighted by Crippen LogP contribution is 2.27. The Bertz CT molecular complexity index is 1560. The maximum Gasteiger partial charge on any atom is 0.410 e. The smallest absolute Gasteiger partial charge is 0.410 e. The van der Waals surface area contributed by atoms with Crippen molar-refractivity contribution in [3.8, 4) is 11.4 Å². The number of piperazine rings is 1. The first-order chi connectivity index (χ1) is 22.2. The fourth-order valence-electron chi connectivity index (χ4n) is 6.70. The lowest BCUT2D eigenvalue weighted by Gasteiger charge is -2.42. The molecule has 13 heteroatoms. The number of carbonyl (C=O) groups is 2. The topological polar surface area (TPSA) is 107 Å². The van der Waals surface area contributed by atoms with Crippen LogP contribution in [0.15, 0.2) is 62.3 Å². The predicted molar refractivity (Wildman–Crippen MR) is 183 cm³/mol. The summed E-state index contributed by atoms with van der Waals surface area (Å²) in [6.07, 6.45) is 1.83. The number of aromatic nitrogens is 3. The third kappa shape index (κ3) is 7.75. The Morgan fingerprint density at radius 1 is 0.870 bits per heavy atom. The quantitative estimate of drug-likeness (QED) is 0.381. The molecule has 46 heavy (non-hydrogen) atoms. The summed E-state index contributed by atoms with van der Waals surface area (Å²) in [5.74, 6) is 0.386. The molecule has 1 aromatic heterocycles. The van der Waals surface area contributed by atoms with E-state index >= 15 is 0 Å². The van der Waals surface area contributed by atoms with Crippen LogP contribution >= 0.6 is 31.9 Å². The molecule has 246 valence electrons. The highest BCUT2D eigenvalue weighted by atomic mass is 79.9. The maximum absolute atomic E-state index is 13.9. The van der Waals surface area contributed by atoms with Crippen LogP contribution in [0.3, 0.4) is 0 Å². The summed E-state index contributed by atoms with van der Waals surface area (Å²) in [4.78, 5) is 51.4.